The molecule has 8 nitrogen and oxygen atoms in total. The second kappa shape index (κ2) is 7.96. The highest BCUT2D eigenvalue weighted by Crippen LogP contribution is 2.22. The number of esters is 1. The van der Waals surface area contributed by atoms with Crippen LogP contribution in [0.3, 0.4) is 0 Å². The maximum Gasteiger partial charge on any atom is 0.341 e. The third-order valence-corrected chi connectivity index (χ3v) is 3.15. The number of rotatable bonds is 7. The summed E-state index contributed by atoms with van der Waals surface area (Å²) in [5.41, 5.74) is 0.191. The lowest BCUT2D eigenvalue weighted by molar-refractivity contribution is -0.384. The van der Waals surface area contributed by atoms with Gasteiger partial charge in [-0.3, -0.25) is 14.9 Å². The highest BCUT2D eigenvalue weighted by atomic mass is 16.6. The largest absolute Gasteiger partial charge is 0.452 e. The molecule has 1 amide bonds. The van der Waals surface area contributed by atoms with Crippen molar-refractivity contribution in [2.75, 3.05) is 32.1 Å². The molecule has 0 aliphatic carbocycles. The Labute approximate surface area is 128 Å². The van der Waals surface area contributed by atoms with Crippen LogP contribution >= 0.6 is 0 Å². The van der Waals surface area contributed by atoms with E-state index in [4.69, 9.17) is 4.74 Å². The van der Waals surface area contributed by atoms with Crippen molar-refractivity contribution in [3.05, 3.63) is 33.9 Å². The van der Waals surface area contributed by atoms with Crippen LogP contribution in [0, 0.1) is 10.1 Å². The Morgan fingerprint density at radius 2 is 1.95 bits per heavy atom. The Balaban J connectivity index is 2.86. The van der Waals surface area contributed by atoms with Crippen molar-refractivity contribution in [3.8, 4) is 0 Å². The molecule has 0 aromatic heterocycles. The van der Waals surface area contributed by atoms with E-state index in [0.29, 0.717) is 18.8 Å². The van der Waals surface area contributed by atoms with Gasteiger partial charge >= 0.3 is 5.97 Å². The first-order chi connectivity index (χ1) is 10.4. The average Bonchev–Trinajstić information content (AvgIpc) is 2.52. The quantitative estimate of drug-likeness (QED) is 0.467. The normalized spacial score (nSPS) is 9.95. The van der Waals surface area contributed by atoms with Gasteiger partial charge in [-0.25, -0.2) is 4.79 Å². The summed E-state index contributed by atoms with van der Waals surface area (Å²) in [5.74, 6) is -1.09. The molecule has 1 aromatic rings. The number of likely N-dealkylation sites (N-methyl/N-ethyl adjacent to an activating group) is 1. The Bertz CT molecular complexity index is 570. The molecule has 0 spiro atoms. The monoisotopic (exact) mass is 309 g/mol. The van der Waals surface area contributed by atoms with Gasteiger partial charge in [-0.1, -0.05) is 0 Å². The van der Waals surface area contributed by atoms with E-state index in [-0.39, 0.29) is 17.2 Å². The van der Waals surface area contributed by atoms with Crippen molar-refractivity contribution < 1.29 is 19.2 Å². The third-order valence-electron chi connectivity index (χ3n) is 3.15. The first-order valence-corrected chi connectivity index (χ1v) is 6.85. The molecule has 0 saturated carbocycles. The van der Waals surface area contributed by atoms with Gasteiger partial charge in [-0.2, -0.15) is 0 Å². The Morgan fingerprint density at radius 3 is 2.45 bits per heavy atom. The summed E-state index contributed by atoms with van der Waals surface area (Å²) >= 11 is 0. The fourth-order valence-electron chi connectivity index (χ4n) is 1.91. The Morgan fingerprint density at radius 1 is 1.32 bits per heavy atom. The Kier molecular flexibility index (Phi) is 6.30. The van der Waals surface area contributed by atoms with Crippen molar-refractivity contribution >= 4 is 23.3 Å². The molecule has 0 unspecified atom stereocenters. The molecule has 0 fully saturated rings. The van der Waals surface area contributed by atoms with Gasteiger partial charge in [0.05, 0.1) is 10.5 Å². The van der Waals surface area contributed by atoms with Crippen molar-refractivity contribution in [1.82, 2.24) is 4.90 Å². The minimum absolute atomic E-state index is 0.0176. The van der Waals surface area contributed by atoms with Gasteiger partial charge in [0.15, 0.2) is 6.61 Å². The number of carbonyl (C=O) groups is 2. The zero-order valence-corrected chi connectivity index (χ0v) is 12.8. The zero-order chi connectivity index (χ0) is 16.7. The van der Waals surface area contributed by atoms with Gasteiger partial charge in [-0.05, 0) is 19.9 Å². The molecule has 0 aliphatic rings. The highest BCUT2D eigenvalue weighted by molar-refractivity contribution is 5.97. The molecule has 0 bridgehead atoms. The maximum atomic E-state index is 12.0. The molecule has 0 heterocycles. The van der Waals surface area contributed by atoms with E-state index in [9.17, 15) is 19.7 Å². The van der Waals surface area contributed by atoms with Crippen LogP contribution in [0.2, 0.25) is 0 Å². The summed E-state index contributed by atoms with van der Waals surface area (Å²) in [5, 5.41) is 13.5. The van der Waals surface area contributed by atoms with Crippen LogP contribution in [0.25, 0.3) is 0 Å². The van der Waals surface area contributed by atoms with Gasteiger partial charge in [0.25, 0.3) is 11.6 Å². The summed E-state index contributed by atoms with van der Waals surface area (Å²) in [7, 11) is 1.58. The first kappa shape index (κ1) is 17.4. The van der Waals surface area contributed by atoms with Crippen molar-refractivity contribution in [2.45, 2.75) is 13.8 Å². The SMILES string of the molecule is CCN(CC)C(=O)COC(=O)c1cc([N+](=O)[O-])ccc1NC. The number of anilines is 1. The lowest BCUT2D eigenvalue weighted by Gasteiger charge is -2.18. The molecule has 120 valence electrons. The molecule has 8 heteroatoms. The number of carbonyl (C=O) groups excluding carboxylic acids is 2. The fraction of sp³-hybridized carbons (Fsp3) is 0.429. The number of nitro benzene ring substituents is 1. The third kappa shape index (κ3) is 4.18. The topological polar surface area (TPSA) is 102 Å². The van der Waals surface area contributed by atoms with E-state index in [1.54, 1.807) is 7.05 Å². The molecule has 1 aromatic carbocycles. The lowest BCUT2D eigenvalue weighted by Crippen LogP contribution is -2.34. The number of nitrogens with one attached hydrogen (secondary N) is 1. The van der Waals surface area contributed by atoms with Crippen LogP contribution in [0.5, 0.6) is 0 Å². The van der Waals surface area contributed by atoms with Crippen LogP contribution in [-0.2, 0) is 9.53 Å². The van der Waals surface area contributed by atoms with Gasteiger partial charge < -0.3 is 15.0 Å². The molecular formula is C14H19N3O5. The molecule has 0 atom stereocenters. The van der Waals surface area contributed by atoms with Gasteiger partial charge in [-0.15, -0.1) is 0 Å². The molecule has 1 rings (SSSR count). The minimum atomic E-state index is -0.784. The van der Waals surface area contributed by atoms with E-state index >= 15 is 0 Å². The van der Waals surface area contributed by atoms with Crippen molar-refractivity contribution in [2.24, 2.45) is 0 Å². The van der Waals surface area contributed by atoms with Crippen molar-refractivity contribution in [3.63, 3.8) is 0 Å². The molecule has 22 heavy (non-hydrogen) atoms. The predicted octanol–water partition coefficient (Wildman–Crippen LogP) is 1.66. The van der Waals surface area contributed by atoms with Crippen LogP contribution in [0.4, 0.5) is 11.4 Å². The predicted molar refractivity (Wildman–Crippen MR) is 80.9 cm³/mol. The van der Waals surface area contributed by atoms with E-state index in [1.807, 2.05) is 13.8 Å². The lowest BCUT2D eigenvalue weighted by atomic mass is 10.1. The second-order valence-electron chi connectivity index (χ2n) is 4.38. The van der Waals surface area contributed by atoms with Crippen LogP contribution in [-0.4, -0.2) is 48.4 Å². The first-order valence-electron chi connectivity index (χ1n) is 6.85. The summed E-state index contributed by atoms with van der Waals surface area (Å²) in [6, 6.07) is 3.82. The van der Waals surface area contributed by atoms with E-state index in [0.717, 1.165) is 6.07 Å². The maximum absolute atomic E-state index is 12.0. The zero-order valence-electron chi connectivity index (χ0n) is 12.8. The average molecular weight is 309 g/mol. The van der Waals surface area contributed by atoms with Gasteiger partial charge in [0, 0.05) is 38.0 Å². The molecule has 0 saturated heterocycles. The molecule has 0 radical (unpaired) electrons. The summed E-state index contributed by atoms with van der Waals surface area (Å²) < 4.78 is 4.96. The number of non-ortho nitro benzene ring substituents is 1. The molecular weight excluding hydrogens is 290 g/mol. The second-order valence-corrected chi connectivity index (χ2v) is 4.38. The summed E-state index contributed by atoms with van der Waals surface area (Å²) in [6.45, 7) is 4.29. The summed E-state index contributed by atoms with van der Waals surface area (Å²) in [4.78, 5) is 35.6. The van der Waals surface area contributed by atoms with Crippen LogP contribution in [0.1, 0.15) is 24.2 Å². The van der Waals surface area contributed by atoms with E-state index < -0.39 is 17.5 Å². The standard InChI is InChI=1S/C14H19N3O5/c1-4-16(5-2)13(18)9-22-14(19)11-8-10(17(20)21)6-7-12(11)15-3/h6-8,15H,4-5,9H2,1-3H3. The van der Waals surface area contributed by atoms with Gasteiger partial charge in [0.1, 0.15) is 0 Å². The molecule has 0 aliphatic heterocycles. The number of nitrogens with zero attached hydrogens (tertiary/aromatic N) is 2. The number of benzene rings is 1. The minimum Gasteiger partial charge on any atom is -0.452 e. The fourth-order valence-corrected chi connectivity index (χ4v) is 1.91. The number of hydrogen-bond donors (Lipinski definition) is 1. The number of nitro groups is 1. The van der Waals surface area contributed by atoms with E-state index in [1.165, 1.54) is 17.0 Å². The van der Waals surface area contributed by atoms with E-state index in [2.05, 4.69) is 5.32 Å². The number of ether oxygens (including phenoxy) is 1. The van der Waals surface area contributed by atoms with Crippen molar-refractivity contribution in [1.29, 1.82) is 0 Å². The highest BCUT2D eigenvalue weighted by Gasteiger charge is 2.19. The van der Waals surface area contributed by atoms with Crippen LogP contribution in [0.15, 0.2) is 18.2 Å². The Hall–Kier alpha value is -2.64. The van der Waals surface area contributed by atoms with Gasteiger partial charge in [0.2, 0.25) is 0 Å². The molecule has 1 N–H and O–H groups in total. The number of amides is 1. The smallest absolute Gasteiger partial charge is 0.341 e. The number of hydrogen-bond acceptors (Lipinski definition) is 6. The summed E-state index contributed by atoms with van der Waals surface area (Å²) in [6.07, 6.45) is 0. The van der Waals surface area contributed by atoms with Crippen LogP contribution < -0.4 is 5.32 Å².